The molecule has 0 heterocycles. The lowest BCUT2D eigenvalue weighted by atomic mass is 10.1. The van der Waals surface area contributed by atoms with Crippen molar-refractivity contribution in [2.45, 2.75) is 33.2 Å². The van der Waals surface area contributed by atoms with Crippen LogP contribution in [-0.4, -0.2) is 22.4 Å². The summed E-state index contributed by atoms with van der Waals surface area (Å²) >= 11 is 3.43. The fraction of sp³-hybridized carbons (Fsp3) is 0.263. The zero-order chi connectivity index (χ0) is 17.9. The van der Waals surface area contributed by atoms with E-state index in [0.717, 1.165) is 10.0 Å². The highest BCUT2D eigenvalue weighted by atomic mass is 79.9. The average Bonchev–Trinajstić information content (AvgIpc) is 2.54. The Bertz CT molecular complexity index is 752. The minimum absolute atomic E-state index is 0.248. The van der Waals surface area contributed by atoms with Crippen molar-refractivity contribution in [3.63, 3.8) is 0 Å². The van der Waals surface area contributed by atoms with Crippen LogP contribution in [0, 0.1) is 6.92 Å². The third kappa shape index (κ3) is 4.23. The summed E-state index contributed by atoms with van der Waals surface area (Å²) in [4.78, 5) is 25.4. The average molecular weight is 389 g/mol. The van der Waals surface area contributed by atoms with Crippen molar-refractivity contribution in [3.05, 3.63) is 69.7 Å². The van der Waals surface area contributed by atoms with E-state index in [1.807, 2.05) is 39.8 Å². The Kier molecular flexibility index (Phi) is 5.44. The van der Waals surface area contributed by atoms with Crippen molar-refractivity contribution in [2.75, 3.05) is 0 Å². The quantitative estimate of drug-likeness (QED) is 0.777. The van der Waals surface area contributed by atoms with Crippen LogP contribution in [0.5, 0.6) is 0 Å². The van der Waals surface area contributed by atoms with Crippen LogP contribution in [0.4, 0.5) is 0 Å². The molecule has 0 saturated heterocycles. The van der Waals surface area contributed by atoms with Gasteiger partial charge < -0.3 is 0 Å². The number of hydrazine groups is 1. The number of carbonyl (C=O) groups is 2. The molecule has 2 rings (SSSR count). The van der Waals surface area contributed by atoms with Gasteiger partial charge in [0, 0.05) is 15.6 Å². The first-order valence-electron chi connectivity index (χ1n) is 7.67. The summed E-state index contributed by atoms with van der Waals surface area (Å²) in [6, 6.07) is 14.2. The van der Waals surface area contributed by atoms with Crippen molar-refractivity contribution in [1.82, 2.24) is 10.4 Å². The Labute approximate surface area is 151 Å². The molecule has 0 aromatic heterocycles. The molecule has 24 heavy (non-hydrogen) atoms. The van der Waals surface area contributed by atoms with Gasteiger partial charge in [-0.2, -0.15) is 0 Å². The van der Waals surface area contributed by atoms with Crippen molar-refractivity contribution in [3.8, 4) is 0 Å². The highest BCUT2D eigenvalue weighted by Crippen LogP contribution is 2.20. The lowest BCUT2D eigenvalue weighted by Crippen LogP contribution is -2.55. The van der Waals surface area contributed by atoms with E-state index in [4.69, 9.17) is 0 Å². The fourth-order valence-corrected chi connectivity index (χ4v) is 2.43. The largest absolute Gasteiger partial charge is 0.272 e. The molecule has 0 atom stereocenters. The Balaban J connectivity index is 2.30. The Morgan fingerprint density at radius 3 is 2.17 bits per heavy atom. The van der Waals surface area contributed by atoms with E-state index in [9.17, 15) is 9.59 Å². The molecule has 0 aliphatic carbocycles. The third-order valence-electron chi connectivity index (χ3n) is 3.53. The molecule has 0 spiro atoms. The molecule has 2 aromatic carbocycles. The molecule has 4 nitrogen and oxygen atoms in total. The van der Waals surface area contributed by atoms with Gasteiger partial charge in [-0.25, -0.2) is 5.01 Å². The predicted octanol–water partition coefficient (Wildman–Crippen LogP) is 4.34. The number of carbonyl (C=O) groups excluding carboxylic acids is 2. The second-order valence-electron chi connectivity index (χ2n) is 6.58. The van der Waals surface area contributed by atoms with Gasteiger partial charge in [0.25, 0.3) is 11.8 Å². The predicted molar refractivity (Wildman–Crippen MR) is 98.7 cm³/mol. The molecule has 0 bridgehead atoms. The van der Waals surface area contributed by atoms with Crippen LogP contribution >= 0.6 is 15.9 Å². The SMILES string of the molecule is Cc1cc(C(=O)N(NC(=O)c2ccccc2)C(C)(C)C)ccc1Br. The van der Waals surface area contributed by atoms with E-state index in [-0.39, 0.29) is 11.8 Å². The van der Waals surface area contributed by atoms with Crippen LogP contribution in [0.25, 0.3) is 0 Å². The standard InChI is InChI=1S/C19H21BrN2O2/c1-13-12-15(10-11-16(13)20)18(24)22(19(2,3)4)21-17(23)14-8-6-5-7-9-14/h5-12H,1-4H3,(H,21,23). The van der Waals surface area contributed by atoms with Crippen LogP contribution < -0.4 is 5.43 Å². The van der Waals surface area contributed by atoms with Crippen molar-refractivity contribution in [1.29, 1.82) is 0 Å². The van der Waals surface area contributed by atoms with E-state index in [2.05, 4.69) is 21.4 Å². The second kappa shape index (κ2) is 7.18. The number of benzene rings is 2. The molecule has 0 unspecified atom stereocenters. The van der Waals surface area contributed by atoms with Crippen molar-refractivity contribution < 1.29 is 9.59 Å². The molecule has 1 N–H and O–H groups in total. The number of nitrogens with one attached hydrogen (secondary N) is 1. The van der Waals surface area contributed by atoms with Crippen LogP contribution in [-0.2, 0) is 0 Å². The fourth-order valence-electron chi connectivity index (χ4n) is 2.19. The normalized spacial score (nSPS) is 11.0. The van der Waals surface area contributed by atoms with Crippen molar-refractivity contribution in [2.24, 2.45) is 0 Å². The molecular formula is C19H21BrN2O2. The van der Waals surface area contributed by atoms with Crippen LogP contribution in [0.3, 0.4) is 0 Å². The lowest BCUT2D eigenvalue weighted by Gasteiger charge is -2.35. The van der Waals surface area contributed by atoms with Gasteiger partial charge in [-0.15, -0.1) is 0 Å². The number of nitrogens with zero attached hydrogens (tertiary/aromatic N) is 1. The van der Waals surface area contributed by atoms with Crippen molar-refractivity contribution >= 4 is 27.7 Å². The van der Waals surface area contributed by atoms with Gasteiger partial charge in [-0.05, 0) is 63.6 Å². The topological polar surface area (TPSA) is 49.4 Å². The molecule has 0 aliphatic heterocycles. The minimum Gasteiger partial charge on any atom is -0.267 e. The Morgan fingerprint density at radius 1 is 1.00 bits per heavy atom. The van der Waals surface area contributed by atoms with E-state index in [1.54, 1.807) is 36.4 Å². The Hall–Kier alpha value is -2.14. The van der Waals surface area contributed by atoms with Gasteiger partial charge in [0.2, 0.25) is 0 Å². The summed E-state index contributed by atoms with van der Waals surface area (Å²) < 4.78 is 0.940. The summed E-state index contributed by atoms with van der Waals surface area (Å²) in [6.07, 6.45) is 0. The van der Waals surface area contributed by atoms with E-state index < -0.39 is 5.54 Å². The molecule has 2 amide bonds. The monoisotopic (exact) mass is 388 g/mol. The third-order valence-corrected chi connectivity index (χ3v) is 4.42. The maximum atomic E-state index is 12.9. The smallest absolute Gasteiger partial charge is 0.267 e. The molecule has 0 radical (unpaired) electrons. The molecular weight excluding hydrogens is 368 g/mol. The van der Waals surface area contributed by atoms with E-state index in [0.29, 0.717) is 11.1 Å². The maximum absolute atomic E-state index is 12.9. The maximum Gasteiger partial charge on any atom is 0.272 e. The van der Waals surface area contributed by atoms with Gasteiger partial charge in [-0.1, -0.05) is 34.1 Å². The molecule has 0 aliphatic rings. The molecule has 126 valence electrons. The number of hydrogen-bond donors (Lipinski definition) is 1. The van der Waals surface area contributed by atoms with Gasteiger partial charge >= 0.3 is 0 Å². The zero-order valence-electron chi connectivity index (χ0n) is 14.3. The number of halogens is 1. The van der Waals surface area contributed by atoms with E-state index >= 15 is 0 Å². The Morgan fingerprint density at radius 2 is 1.62 bits per heavy atom. The summed E-state index contributed by atoms with van der Waals surface area (Å²) in [7, 11) is 0. The first-order chi connectivity index (χ1) is 11.2. The second-order valence-corrected chi connectivity index (χ2v) is 7.44. The molecule has 2 aromatic rings. The summed E-state index contributed by atoms with van der Waals surface area (Å²) in [5.41, 5.74) is 4.17. The first-order valence-corrected chi connectivity index (χ1v) is 8.46. The number of amides is 2. The van der Waals surface area contributed by atoms with Gasteiger partial charge in [0.1, 0.15) is 0 Å². The summed E-state index contributed by atoms with van der Waals surface area (Å²) in [6.45, 7) is 7.55. The number of aryl methyl sites for hydroxylation is 1. The molecule has 0 saturated carbocycles. The minimum atomic E-state index is -0.567. The van der Waals surface area contributed by atoms with Gasteiger partial charge in [0.15, 0.2) is 0 Å². The lowest BCUT2D eigenvalue weighted by molar-refractivity contribution is 0.0358. The zero-order valence-corrected chi connectivity index (χ0v) is 15.8. The molecule has 5 heteroatoms. The van der Waals surface area contributed by atoms with Crippen LogP contribution in [0.1, 0.15) is 47.1 Å². The van der Waals surface area contributed by atoms with E-state index in [1.165, 1.54) is 5.01 Å². The number of hydrogen-bond acceptors (Lipinski definition) is 2. The summed E-state index contributed by atoms with van der Waals surface area (Å²) in [5.74, 6) is -0.560. The number of rotatable bonds is 2. The molecule has 0 fully saturated rings. The van der Waals surface area contributed by atoms with Crippen LogP contribution in [0.2, 0.25) is 0 Å². The van der Waals surface area contributed by atoms with Gasteiger partial charge in [0.05, 0.1) is 5.54 Å². The highest BCUT2D eigenvalue weighted by molar-refractivity contribution is 9.10. The summed E-state index contributed by atoms with van der Waals surface area (Å²) in [5, 5.41) is 1.38. The highest BCUT2D eigenvalue weighted by Gasteiger charge is 2.29. The van der Waals surface area contributed by atoms with Gasteiger partial charge in [-0.3, -0.25) is 15.0 Å². The van der Waals surface area contributed by atoms with Crippen LogP contribution in [0.15, 0.2) is 53.0 Å². The first kappa shape index (κ1) is 18.2.